The number of hydrogen-bond acceptors (Lipinski definition) is 7. The molecule has 3 aromatic heterocycles. The van der Waals surface area contributed by atoms with E-state index in [0.29, 0.717) is 38.1 Å². The number of thiophene rings is 1. The molecule has 1 amide bonds. The van der Waals surface area contributed by atoms with Crippen molar-refractivity contribution < 1.29 is 13.9 Å². The van der Waals surface area contributed by atoms with Gasteiger partial charge in [0.05, 0.1) is 24.5 Å². The van der Waals surface area contributed by atoms with E-state index in [0.717, 1.165) is 0 Å². The number of methoxy groups -OCH3 is 1. The molecule has 0 aliphatic rings. The molecule has 158 valence electrons. The Labute approximate surface area is 186 Å². The largest absolute Gasteiger partial charge is 0.497 e. The summed E-state index contributed by atoms with van der Waals surface area (Å²) in [6.07, 6.45) is 3.20. The van der Waals surface area contributed by atoms with Gasteiger partial charge in [0.15, 0.2) is 5.16 Å². The minimum Gasteiger partial charge on any atom is -0.497 e. The molecule has 4 aromatic rings. The van der Waals surface area contributed by atoms with Gasteiger partial charge in [0, 0.05) is 23.2 Å². The first kappa shape index (κ1) is 21.0. The Balaban J connectivity index is 1.58. The molecule has 0 atom stereocenters. The van der Waals surface area contributed by atoms with Crippen molar-refractivity contribution in [2.45, 2.75) is 11.7 Å². The van der Waals surface area contributed by atoms with Crippen molar-refractivity contribution in [1.82, 2.24) is 9.55 Å². The normalized spacial score (nSPS) is 10.9. The van der Waals surface area contributed by atoms with Crippen molar-refractivity contribution in [3.63, 3.8) is 0 Å². The SMILES string of the molecule is C=CCn1c(SCC(=O)Nc2ccc(OC)cc2)nc2scc(-c3ccco3)c2c1=O. The minimum absolute atomic E-state index is 0.109. The molecule has 1 aromatic carbocycles. The van der Waals surface area contributed by atoms with Crippen LogP contribution in [0.15, 0.2) is 75.1 Å². The summed E-state index contributed by atoms with van der Waals surface area (Å²) < 4.78 is 12.1. The molecule has 0 radical (unpaired) electrons. The van der Waals surface area contributed by atoms with Crippen LogP contribution in [0.4, 0.5) is 5.69 Å². The zero-order valence-corrected chi connectivity index (χ0v) is 18.3. The molecule has 0 fully saturated rings. The zero-order valence-electron chi connectivity index (χ0n) is 16.7. The number of nitrogens with zero attached hydrogens (tertiary/aromatic N) is 2. The van der Waals surface area contributed by atoms with E-state index in [9.17, 15) is 9.59 Å². The van der Waals surface area contributed by atoms with Crippen LogP contribution in [0.3, 0.4) is 0 Å². The number of nitrogens with one attached hydrogen (secondary N) is 1. The average Bonchev–Trinajstić information content (AvgIpc) is 3.45. The molecule has 4 rings (SSSR count). The molecule has 1 N–H and O–H groups in total. The first-order chi connectivity index (χ1) is 15.1. The molecule has 0 saturated carbocycles. The van der Waals surface area contributed by atoms with Gasteiger partial charge >= 0.3 is 0 Å². The summed E-state index contributed by atoms with van der Waals surface area (Å²) in [5.74, 6) is 1.24. The lowest BCUT2D eigenvalue weighted by atomic mass is 10.2. The lowest BCUT2D eigenvalue weighted by molar-refractivity contribution is -0.113. The van der Waals surface area contributed by atoms with E-state index in [1.807, 2.05) is 11.4 Å². The number of carbonyl (C=O) groups excluding carboxylic acids is 1. The maximum atomic E-state index is 13.2. The molecule has 9 heteroatoms. The molecule has 0 bridgehead atoms. The van der Waals surface area contributed by atoms with Gasteiger partial charge in [-0.3, -0.25) is 14.2 Å². The number of amides is 1. The summed E-state index contributed by atoms with van der Waals surface area (Å²) in [4.78, 5) is 30.9. The van der Waals surface area contributed by atoms with Gasteiger partial charge in [-0.1, -0.05) is 17.8 Å². The van der Waals surface area contributed by atoms with Gasteiger partial charge in [-0.2, -0.15) is 0 Å². The molecule has 0 saturated heterocycles. The van der Waals surface area contributed by atoms with E-state index in [-0.39, 0.29) is 23.8 Å². The van der Waals surface area contributed by atoms with Gasteiger partial charge in [0.2, 0.25) is 5.91 Å². The summed E-state index contributed by atoms with van der Waals surface area (Å²) in [6, 6.07) is 10.7. The summed E-state index contributed by atoms with van der Waals surface area (Å²) >= 11 is 2.58. The van der Waals surface area contributed by atoms with Gasteiger partial charge in [0.1, 0.15) is 16.3 Å². The average molecular weight is 454 g/mol. The first-order valence-corrected chi connectivity index (χ1v) is 11.2. The third-order valence-electron chi connectivity index (χ3n) is 4.46. The number of thioether (sulfide) groups is 1. The highest BCUT2D eigenvalue weighted by molar-refractivity contribution is 7.99. The minimum atomic E-state index is -0.197. The Kier molecular flexibility index (Phi) is 6.24. The smallest absolute Gasteiger partial charge is 0.263 e. The van der Waals surface area contributed by atoms with Crippen LogP contribution < -0.4 is 15.6 Å². The third kappa shape index (κ3) is 4.42. The summed E-state index contributed by atoms with van der Waals surface area (Å²) in [5.41, 5.74) is 1.20. The zero-order chi connectivity index (χ0) is 21.8. The lowest BCUT2D eigenvalue weighted by Crippen LogP contribution is -2.23. The predicted octanol–water partition coefficient (Wildman–Crippen LogP) is 4.64. The summed E-state index contributed by atoms with van der Waals surface area (Å²) in [6.45, 7) is 4.03. The molecular weight excluding hydrogens is 434 g/mol. The molecule has 7 nitrogen and oxygen atoms in total. The van der Waals surface area contributed by atoms with E-state index in [2.05, 4.69) is 16.9 Å². The Bertz CT molecular complexity index is 1270. The summed E-state index contributed by atoms with van der Waals surface area (Å²) in [5, 5.41) is 5.67. The van der Waals surface area contributed by atoms with Crippen molar-refractivity contribution in [3.8, 4) is 17.1 Å². The standard InChI is InChI=1S/C22H19N3O4S2/c1-3-10-25-21(27)19-16(17-5-4-11-29-17)12-30-20(19)24-22(25)31-13-18(26)23-14-6-8-15(28-2)9-7-14/h3-9,11-12H,1,10,13H2,2H3,(H,23,26). The van der Waals surface area contributed by atoms with Crippen molar-refractivity contribution >= 4 is 44.9 Å². The number of hydrogen-bond donors (Lipinski definition) is 1. The van der Waals surface area contributed by atoms with Crippen LogP contribution in [-0.2, 0) is 11.3 Å². The fraction of sp³-hybridized carbons (Fsp3) is 0.136. The molecule has 0 aliphatic heterocycles. The maximum absolute atomic E-state index is 13.2. The molecular formula is C22H19N3O4S2. The summed E-state index contributed by atoms with van der Waals surface area (Å²) in [7, 11) is 1.59. The second kappa shape index (κ2) is 9.23. The number of benzene rings is 1. The third-order valence-corrected chi connectivity index (χ3v) is 6.31. The highest BCUT2D eigenvalue weighted by Crippen LogP contribution is 2.32. The lowest BCUT2D eigenvalue weighted by Gasteiger charge is -2.11. The van der Waals surface area contributed by atoms with Crippen LogP contribution in [0.2, 0.25) is 0 Å². The number of furan rings is 1. The highest BCUT2D eigenvalue weighted by Gasteiger charge is 2.19. The van der Waals surface area contributed by atoms with Crippen LogP contribution in [0.5, 0.6) is 5.75 Å². The maximum Gasteiger partial charge on any atom is 0.263 e. The van der Waals surface area contributed by atoms with Gasteiger partial charge in [-0.05, 0) is 36.4 Å². The predicted molar refractivity (Wildman–Crippen MR) is 124 cm³/mol. The monoisotopic (exact) mass is 453 g/mol. The number of aromatic nitrogens is 2. The molecule has 0 spiro atoms. The van der Waals surface area contributed by atoms with Gasteiger partial charge in [-0.15, -0.1) is 17.9 Å². The Morgan fingerprint density at radius 2 is 2.16 bits per heavy atom. The Morgan fingerprint density at radius 3 is 2.84 bits per heavy atom. The second-order valence-corrected chi connectivity index (χ2v) is 8.27. The number of carbonyl (C=O) groups is 1. The Hall–Kier alpha value is -3.30. The van der Waals surface area contributed by atoms with Gasteiger partial charge < -0.3 is 14.5 Å². The molecule has 3 heterocycles. The van der Waals surface area contributed by atoms with Gasteiger partial charge in [0.25, 0.3) is 5.56 Å². The Morgan fingerprint density at radius 1 is 1.35 bits per heavy atom. The van der Waals surface area contributed by atoms with Crippen molar-refractivity contribution in [2.75, 3.05) is 18.2 Å². The molecule has 0 unspecified atom stereocenters. The number of rotatable bonds is 8. The fourth-order valence-corrected chi connectivity index (χ4v) is 4.80. The van der Waals surface area contributed by atoms with Crippen LogP contribution in [0, 0.1) is 0 Å². The van der Waals surface area contributed by atoms with E-state index < -0.39 is 0 Å². The number of ether oxygens (including phenoxy) is 1. The van der Waals surface area contributed by atoms with E-state index in [1.54, 1.807) is 49.8 Å². The number of allylic oxidation sites excluding steroid dienone is 1. The van der Waals surface area contributed by atoms with E-state index in [4.69, 9.17) is 9.15 Å². The van der Waals surface area contributed by atoms with Crippen molar-refractivity contribution in [1.29, 1.82) is 0 Å². The van der Waals surface area contributed by atoms with E-state index in [1.165, 1.54) is 27.7 Å². The van der Waals surface area contributed by atoms with Gasteiger partial charge in [-0.25, -0.2) is 4.98 Å². The van der Waals surface area contributed by atoms with Crippen molar-refractivity contribution in [3.05, 3.63) is 71.1 Å². The number of anilines is 1. The topological polar surface area (TPSA) is 86.4 Å². The van der Waals surface area contributed by atoms with Crippen LogP contribution in [0.1, 0.15) is 0 Å². The number of fused-ring (bicyclic) bond motifs is 1. The van der Waals surface area contributed by atoms with Crippen molar-refractivity contribution in [2.24, 2.45) is 0 Å². The highest BCUT2D eigenvalue weighted by atomic mass is 32.2. The van der Waals surface area contributed by atoms with E-state index >= 15 is 0 Å². The first-order valence-electron chi connectivity index (χ1n) is 9.34. The van der Waals surface area contributed by atoms with Crippen LogP contribution >= 0.6 is 23.1 Å². The fourth-order valence-electron chi connectivity index (χ4n) is 3.02. The second-order valence-electron chi connectivity index (χ2n) is 6.47. The quantitative estimate of drug-likeness (QED) is 0.238. The van der Waals surface area contributed by atoms with Crippen LogP contribution in [0.25, 0.3) is 21.5 Å². The molecule has 31 heavy (non-hydrogen) atoms. The molecule has 0 aliphatic carbocycles. The van der Waals surface area contributed by atoms with Crippen LogP contribution in [-0.4, -0.2) is 28.3 Å².